The first-order chi connectivity index (χ1) is 9.16. The molecule has 3 aromatic heterocycles. The summed E-state index contributed by atoms with van der Waals surface area (Å²) < 4.78 is 4.26. The van der Waals surface area contributed by atoms with E-state index in [0.29, 0.717) is 0 Å². The summed E-state index contributed by atoms with van der Waals surface area (Å²) >= 11 is 3.48. The summed E-state index contributed by atoms with van der Waals surface area (Å²) in [5, 5.41) is 21.4. The molecular formula is C11H9N3O3S2. The maximum absolute atomic E-state index is 8.25. The van der Waals surface area contributed by atoms with Gasteiger partial charge in [0, 0.05) is 0 Å². The van der Waals surface area contributed by atoms with Crippen molar-refractivity contribution >= 4 is 22.7 Å². The molecule has 98 valence electrons. The van der Waals surface area contributed by atoms with Crippen molar-refractivity contribution in [2.45, 2.75) is 0 Å². The van der Waals surface area contributed by atoms with Gasteiger partial charge in [0.15, 0.2) is 10.0 Å². The SMILES string of the molecule is O=[N+]([O-])[O-].c1csc(-n2cc[n+](-c3cccs3)c2)c1. The van der Waals surface area contributed by atoms with Gasteiger partial charge in [-0.1, -0.05) is 0 Å². The fraction of sp³-hybridized carbons (Fsp3) is 0. The van der Waals surface area contributed by atoms with E-state index in [-0.39, 0.29) is 0 Å². The van der Waals surface area contributed by atoms with Gasteiger partial charge in [0.25, 0.3) is 6.33 Å². The molecule has 0 saturated heterocycles. The lowest BCUT2D eigenvalue weighted by Crippen LogP contribution is -2.25. The topological polar surface area (TPSA) is 75.0 Å². The van der Waals surface area contributed by atoms with Crippen LogP contribution in [0, 0.1) is 15.3 Å². The third kappa shape index (κ3) is 3.63. The number of thiophene rings is 2. The molecule has 0 bridgehead atoms. The van der Waals surface area contributed by atoms with Crippen molar-refractivity contribution in [1.29, 1.82) is 0 Å². The van der Waals surface area contributed by atoms with Crippen LogP contribution in [0.3, 0.4) is 0 Å². The standard InChI is InChI=1S/C11H9N2S2.NO3/c1-3-10(14-7-1)12-5-6-13(9-12)11-4-2-8-15-11;2-1(3)4/h1-9H;/q+1;-1. The summed E-state index contributed by atoms with van der Waals surface area (Å²) in [4.78, 5) is 8.25. The smallest absolute Gasteiger partial charge is 0.255 e. The van der Waals surface area contributed by atoms with Crippen LogP contribution in [-0.2, 0) is 0 Å². The number of nitrogens with zero attached hydrogens (tertiary/aromatic N) is 3. The van der Waals surface area contributed by atoms with Crippen LogP contribution in [0.25, 0.3) is 10.0 Å². The van der Waals surface area contributed by atoms with Crippen molar-refractivity contribution < 1.29 is 9.65 Å². The predicted octanol–water partition coefficient (Wildman–Crippen LogP) is 2.64. The normalized spacial score (nSPS) is 9.68. The molecule has 0 radical (unpaired) electrons. The highest BCUT2D eigenvalue weighted by atomic mass is 32.1. The van der Waals surface area contributed by atoms with E-state index >= 15 is 0 Å². The fourth-order valence-corrected chi connectivity index (χ4v) is 2.82. The zero-order valence-corrected chi connectivity index (χ0v) is 11.2. The van der Waals surface area contributed by atoms with Crippen molar-refractivity contribution in [2.75, 3.05) is 0 Å². The maximum atomic E-state index is 8.25. The highest BCUT2D eigenvalue weighted by Crippen LogP contribution is 2.14. The number of hydrogen-bond donors (Lipinski definition) is 0. The fourth-order valence-electron chi connectivity index (χ4n) is 1.45. The minimum absolute atomic E-state index is 1.24. The van der Waals surface area contributed by atoms with Gasteiger partial charge in [-0.25, -0.2) is 0 Å². The molecule has 3 aromatic rings. The molecule has 8 heteroatoms. The van der Waals surface area contributed by atoms with Gasteiger partial charge in [-0.2, -0.15) is 9.13 Å². The quantitative estimate of drug-likeness (QED) is 0.414. The first kappa shape index (κ1) is 13.2. The summed E-state index contributed by atoms with van der Waals surface area (Å²) in [6.45, 7) is 0. The van der Waals surface area contributed by atoms with Crippen LogP contribution in [0.5, 0.6) is 0 Å². The minimum Gasteiger partial charge on any atom is -0.356 e. The Morgan fingerprint density at radius 1 is 1.16 bits per heavy atom. The van der Waals surface area contributed by atoms with E-state index in [4.69, 9.17) is 15.3 Å². The Kier molecular flexibility index (Phi) is 4.26. The van der Waals surface area contributed by atoms with Crippen LogP contribution >= 0.6 is 22.7 Å². The third-order valence-corrected chi connectivity index (χ3v) is 3.92. The van der Waals surface area contributed by atoms with Crippen LogP contribution in [0.2, 0.25) is 0 Å². The van der Waals surface area contributed by atoms with Gasteiger partial charge in [-0.3, -0.25) is 0 Å². The Bertz CT molecular complexity index is 579. The Morgan fingerprint density at radius 2 is 1.84 bits per heavy atom. The molecule has 3 rings (SSSR count). The van der Waals surface area contributed by atoms with Crippen LogP contribution in [0.15, 0.2) is 53.7 Å². The molecule has 0 aliphatic heterocycles. The molecule has 0 atom stereocenters. The molecule has 0 saturated carbocycles. The van der Waals surface area contributed by atoms with Gasteiger partial charge in [0.05, 0.1) is 5.09 Å². The van der Waals surface area contributed by atoms with Crippen LogP contribution in [-0.4, -0.2) is 9.65 Å². The first-order valence-corrected chi connectivity index (χ1v) is 6.91. The van der Waals surface area contributed by atoms with Gasteiger partial charge in [-0.05, 0) is 35.0 Å². The van der Waals surface area contributed by atoms with Gasteiger partial charge in [0.2, 0.25) is 0 Å². The van der Waals surface area contributed by atoms with Crippen LogP contribution in [0.1, 0.15) is 0 Å². The number of imidazole rings is 1. The molecule has 0 aromatic carbocycles. The second kappa shape index (κ2) is 6.12. The molecule has 0 spiro atoms. The van der Waals surface area contributed by atoms with E-state index < -0.39 is 5.09 Å². The lowest BCUT2D eigenvalue weighted by atomic mass is 10.6. The third-order valence-electron chi connectivity index (χ3n) is 2.16. The Morgan fingerprint density at radius 3 is 2.42 bits per heavy atom. The second-order valence-electron chi connectivity index (χ2n) is 3.35. The van der Waals surface area contributed by atoms with Crippen LogP contribution in [0.4, 0.5) is 0 Å². The van der Waals surface area contributed by atoms with E-state index in [2.05, 4.69) is 62.9 Å². The average molecular weight is 295 g/mol. The molecule has 0 N–H and O–H groups in total. The maximum Gasteiger partial charge on any atom is 0.255 e. The van der Waals surface area contributed by atoms with E-state index in [1.165, 1.54) is 10.0 Å². The summed E-state index contributed by atoms with van der Waals surface area (Å²) in [6, 6.07) is 8.36. The van der Waals surface area contributed by atoms with Crippen molar-refractivity contribution in [3.63, 3.8) is 0 Å². The lowest BCUT2D eigenvalue weighted by Gasteiger charge is -1.88. The van der Waals surface area contributed by atoms with Gasteiger partial charge in [0.1, 0.15) is 12.4 Å². The van der Waals surface area contributed by atoms with Crippen molar-refractivity contribution in [3.8, 4) is 10.0 Å². The van der Waals surface area contributed by atoms with E-state index in [1.807, 2.05) is 0 Å². The van der Waals surface area contributed by atoms with E-state index in [9.17, 15) is 0 Å². The lowest BCUT2D eigenvalue weighted by molar-refractivity contribution is -0.590. The van der Waals surface area contributed by atoms with Crippen molar-refractivity contribution in [3.05, 3.63) is 69.1 Å². The molecule has 0 aliphatic carbocycles. The van der Waals surface area contributed by atoms with Crippen molar-refractivity contribution in [1.82, 2.24) is 4.57 Å². The predicted molar refractivity (Wildman–Crippen MR) is 73.4 cm³/mol. The highest BCUT2D eigenvalue weighted by Gasteiger charge is 2.09. The summed E-state index contributed by atoms with van der Waals surface area (Å²) in [6.07, 6.45) is 6.24. The van der Waals surface area contributed by atoms with Crippen molar-refractivity contribution in [2.24, 2.45) is 0 Å². The molecule has 19 heavy (non-hydrogen) atoms. The summed E-state index contributed by atoms with van der Waals surface area (Å²) in [5.41, 5.74) is 0. The molecule has 0 aliphatic rings. The van der Waals surface area contributed by atoms with Gasteiger partial charge >= 0.3 is 0 Å². The molecule has 0 fully saturated rings. The van der Waals surface area contributed by atoms with Crippen LogP contribution < -0.4 is 4.57 Å². The monoisotopic (exact) mass is 295 g/mol. The second-order valence-corrected chi connectivity index (χ2v) is 5.21. The zero-order chi connectivity index (χ0) is 13.7. The minimum atomic E-state index is -1.75. The number of rotatable bonds is 2. The molecule has 6 nitrogen and oxygen atoms in total. The van der Waals surface area contributed by atoms with Gasteiger partial charge < -0.3 is 15.3 Å². The van der Waals surface area contributed by atoms with Gasteiger partial charge in [-0.15, -0.1) is 22.7 Å². The number of hydrogen-bond acceptors (Lipinski definition) is 5. The summed E-state index contributed by atoms with van der Waals surface area (Å²) in [5.74, 6) is 0. The first-order valence-electron chi connectivity index (χ1n) is 5.15. The Balaban J connectivity index is 0.000000297. The molecule has 0 unspecified atom stereocenters. The largest absolute Gasteiger partial charge is 0.356 e. The number of aromatic nitrogens is 2. The Labute approximate surface area is 116 Å². The molecule has 0 amide bonds. The molecule has 3 heterocycles. The Hall–Kier alpha value is -2.19. The van der Waals surface area contributed by atoms with E-state index in [0.717, 1.165) is 0 Å². The molecular weight excluding hydrogens is 286 g/mol. The average Bonchev–Trinajstić information content (AvgIpc) is 3.11. The summed E-state index contributed by atoms with van der Waals surface area (Å²) in [7, 11) is 0. The highest BCUT2D eigenvalue weighted by molar-refractivity contribution is 7.12. The zero-order valence-electron chi connectivity index (χ0n) is 9.58. The van der Waals surface area contributed by atoms with E-state index in [1.54, 1.807) is 22.7 Å².